The van der Waals surface area contributed by atoms with Crippen LogP contribution < -0.4 is 10.0 Å². The molecule has 0 aliphatic heterocycles. The van der Waals surface area contributed by atoms with E-state index in [9.17, 15) is 13.2 Å². The standard InChI is InChI=1S/C17H19BrN2O4S/c18-12-3-1-4-13(11-12)25(22,23)19-9-7-17(21)20-15-5-2-6-16-14(15)8-10-24-16/h1,3-4,8,10-11,15,19H,2,5-7,9H2,(H,20,21). The maximum atomic E-state index is 12.2. The van der Waals surface area contributed by atoms with E-state index in [0.29, 0.717) is 4.47 Å². The summed E-state index contributed by atoms with van der Waals surface area (Å²) in [5.41, 5.74) is 1.02. The van der Waals surface area contributed by atoms with Gasteiger partial charge in [-0.2, -0.15) is 0 Å². The molecule has 0 saturated carbocycles. The number of amides is 1. The number of fused-ring (bicyclic) bond motifs is 1. The first kappa shape index (κ1) is 18.2. The molecular weight excluding hydrogens is 408 g/mol. The van der Waals surface area contributed by atoms with Gasteiger partial charge < -0.3 is 9.73 Å². The Morgan fingerprint density at radius 1 is 1.32 bits per heavy atom. The van der Waals surface area contributed by atoms with Crippen LogP contribution in [0, 0.1) is 0 Å². The summed E-state index contributed by atoms with van der Waals surface area (Å²) >= 11 is 3.25. The summed E-state index contributed by atoms with van der Waals surface area (Å²) < 4.78 is 33.0. The van der Waals surface area contributed by atoms with Crippen LogP contribution in [0.15, 0.2) is 50.4 Å². The number of aryl methyl sites for hydroxylation is 1. The van der Waals surface area contributed by atoms with Crippen molar-refractivity contribution in [1.82, 2.24) is 10.0 Å². The maximum Gasteiger partial charge on any atom is 0.240 e. The van der Waals surface area contributed by atoms with E-state index in [2.05, 4.69) is 26.0 Å². The van der Waals surface area contributed by atoms with Crippen LogP contribution in [0.25, 0.3) is 0 Å². The SMILES string of the molecule is O=C(CCNS(=O)(=O)c1cccc(Br)c1)NC1CCCc2occc21. The highest BCUT2D eigenvalue weighted by Gasteiger charge is 2.24. The van der Waals surface area contributed by atoms with Crippen molar-refractivity contribution in [2.45, 2.75) is 36.6 Å². The third kappa shape index (κ3) is 4.50. The van der Waals surface area contributed by atoms with Crippen molar-refractivity contribution in [3.63, 3.8) is 0 Å². The van der Waals surface area contributed by atoms with E-state index in [0.717, 1.165) is 30.6 Å². The van der Waals surface area contributed by atoms with Crippen molar-refractivity contribution in [3.8, 4) is 0 Å². The molecule has 3 rings (SSSR count). The fourth-order valence-electron chi connectivity index (χ4n) is 2.92. The number of carbonyl (C=O) groups excluding carboxylic acids is 1. The zero-order chi connectivity index (χ0) is 17.9. The highest BCUT2D eigenvalue weighted by Crippen LogP contribution is 2.30. The molecule has 1 amide bonds. The van der Waals surface area contributed by atoms with Gasteiger partial charge >= 0.3 is 0 Å². The Balaban J connectivity index is 1.52. The Morgan fingerprint density at radius 3 is 2.96 bits per heavy atom. The van der Waals surface area contributed by atoms with Gasteiger partial charge in [-0.15, -0.1) is 0 Å². The number of furan rings is 1. The predicted octanol–water partition coefficient (Wildman–Crippen LogP) is 2.90. The van der Waals surface area contributed by atoms with E-state index in [1.807, 2.05) is 6.07 Å². The summed E-state index contributed by atoms with van der Waals surface area (Å²) in [6, 6.07) is 8.25. The van der Waals surface area contributed by atoms with Crippen LogP contribution in [0.3, 0.4) is 0 Å². The molecule has 1 aromatic carbocycles. The second-order valence-corrected chi connectivity index (χ2v) is 8.60. The molecule has 0 fully saturated rings. The van der Waals surface area contributed by atoms with Gasteiger partial charge in [-0.1, -0.05) is 22.0 Å². The summed E-state index contributed by atoms with van der Waals surface area (Å²) in [6.45, 7) is 0.0473. The Kier molecular flexibility index (Phi) is 5.61. The topological polar surface area (TPSA) is 88.4 Å². The molecule has 1 heterocycles. The minimum Gasteiger partial charge on any atom is -0.469 e. The zero-order valence-electron chi connectivity index (χ0n) is 13.5. The van der Waals surface area contributed by atoms with Crippen LogP contribution in [0.2, 0.25) is 0 Å². The molecule has 1 aliphatic carbocycles. The molecule has 0 spiro atoms. The van der Waals surface area contributed by atoms with Crippen LogP contribution in [-0.4, -0.2) is 20.9 Å². The first-order valence-electron chi connectivity index (χ1n) is 8.06. The summed E-state index contributed by atoms with van der Waals surface area (Å²) in [4.78, 5) is 12.3. The highest BCUT2D eigenvalue weighted by atomic mass is 79.9. The minimum atomic E-state index is -3.63. The van der Waals surface area contributed by atoms with Crippen LogP contribution >= 0.6 is 15.9 Å². The predicted molar refractivity (Wildman–Crippen MR) is 96.5 cm³/mol. The van der Waals surface area contributed by atoms with E-state index in [1.165, 1.54) is 12.1 Å². The van der Waals surface area contributed by atoms with Gasteiger partial charge in [-0.05, 0) is 37.1 Å². The van der Waals surface area contributed by atoms with Gasteiger partial charge in [0.05, 0.1) is 17.2 Å². The van der Waals surface area contributed by atoms with Gasteiger partial charge in [0.2, 0.25) is 15.9 Å². The van der Waals surface area contributed by atoms with Gasteiger partial charge in [-0.3, -0.25) is 4.79 Å². The van der Waals surface area contributed by atoms with Gasteiger partial charge in [0.1, 0.15) is 5.76 Å². The van der Waals surface area contributed by atoms with Crippen LogP contribution in [0.4, 0.5) is 0 Å². The zero-order valence-corrected chi connectivity index (χ0v) is 15.9. The molecule has 1 unspecified atom stereocenters. The van der Waals surface area contributed by atoms with Crippen molar-refractivity contribution in [2.75, 3.05) is 6.54 Å². The molecule has 1 atom stereocenters. The van der Waals surface area contributed by atoms with E-state index >= 15 is 0 Å². The summed E-state index contributed by atoms with van der Waals surface area (Å²) in [6.07, 6.45) is 4.43. The summed E-state index contributed by atoms with van der Waals surface area (Å²) in [5, 5.41) is 2.96. The third-order valence-electron chi connectivity index (χ3n) is 4.14. The second kappa shape index (κ2) is 7.72. The van der Waals surface area contributed by atoms with E-state index in [-0.39, 0.29) is 29.8 Å². The molecule has 2 aromatic rings. The third-order valence-corrected chi connectivity index (χ3v) is 6.09. The Bertz CT molecular complexity index is 863. The molecule has 8 heteroatoms. The quantitative estimate of drug-likeness (QED) is 0.742. The van der Waals surface area contributed by atoms with E-state index < -0.39 is 10.0 Å². The first-order valence-corrected chi connectivity index (χ1v) is 10.3. The number of hydrogen-bond acceptors (Lipinski definition) is 4. The molecule has 0 radical (unpaired) electrons. The number of benzene rings is 1. The van der Waals surface area contributed by atoms with E-state index in [4.69, 9.17) is 4.42 Å². The Hall–Kier alpha value is -1.64. The van der Waals surface area contributed by atoms with Gasteiger partial charge in [-0.25, -0.2) is 13.1 Å². The van der Waals surface area contributed by atoms with E-state index in [1.54, 1.807) is 18.4 Å². The lowest BCUT2D eigenvalue weighted by Gasteiger charge is -2.22. The van der Waals surface area contributed by atoms with Gasteiger partial charge in [0.15, 0.2) is 0 Å². The lowest BCUT2D eigenvalue weighted by molar-refractivity contribution is -0.121. The number of nitrogens with one attached hydrogen (secondary N) is 2. The number of halogens is 1. The molecule has 0 bridgehead atoms. The Labute approximate surface area is 155 Å². The molecule has 25 heavy (non-hydrogen) atoms. The number of rotatable bonds is 6. The molecule has 134 valence electrons. The highest BCUT2D eigenvalue weighted by molar-refractivity contribution is 9.10. The Morgan fingerprint density at radius 2 is 2.16 bits per heavy atom. The molecule has 6 nitrogen and oxygen atoms in total. The van der Waals surface area contributed by atoms with Crippen LogP contribution in [0.5, 0.6) is 0 Å². The first-order chi connectivity index (χ1) is 12.0. The lowest BCUT2D eigenvalue weighted by atomic mass is 9.93. The second-order valence-electron chi connectivity index (χ2n) is 5.92. The monoisotopic (exact) mass is 426 g/mol. The average molecular weight is 427 g/mol. The fraction of sp³-hybridized carbons (Fsp3) is 0.353. The molecule has 2 N–H and O–H groups in total. The van der Waals surface area contributed by atoms with Crippen molar-refractivity contribution in [3.05, 3.63) is 52.4 Å². The van der Waals surface area contributed by atoms with Crippen molar-refractivity contribution < 1.29 is 17.6 Å². The molecular formula is C17H19BrN2O4S. The van der Waals surface area contributed by atoms with Gasteiger partial charge in [0, 0.05) is 29.4 Å². The van der Waals surface area contributed by atoms with Crippen molar-refractivity contribution in [1.29, 1.82) is 0 Å². The minimum absolute atomic E-state index is 0.0473. The van der Waals surface area contributed by atoms with Crippen LogP contribution in [0.1, 0.15) is 36.6 Å². The number of carbonyl (C=O) groups is 1. The average Bonchev–Trinajstić information content (AvgIpc) is 3.04. The molecule has 0 saturated heterocycles. The lowest BCUT2D eigenvalue weighted by Crippen LogP contribution is -2.34. The van der Waals surface area contributed by atoms with Crippen LogP contribution in [-0.2, 0) is 21.2 Å². The molecule has 1 aromatic heterocycles. The summed E-state index contributed by atoms with van der Waals surface area (Å²) in [7, 11) is -3.63. The number of hydrogen-bond donors (Lipinski definition) is 2. The summed E-state index contributed by atoms with van der Waals surface area (Å²) in [5.74, 6) is 0.739. The van der Waals surface area contributed by atoms with Gasteiger partial charge in [0.25, 0.3) is 0 Å². The van der Waals surface area contributed by atoms with Crippen molar-refractivity contribution >= 4 is 31.9 Å². The number of sulfonamides is 1. The van der Waals surface area contributed by atoms with Crippen molar-refractivity contribution in [2.24, 2.45) is 0 Å². The smallest absolute Gasteiger partial charge is 0.240 e. The fourth-order valence-corrected chi connectivity index (χ4v) is 4.55. The molecule has 1 aliphatic rings. The normalized spacial score (nSPS) is 17.1. The maximum absolute atomic E-state index is 12.2. The largest absolute Gasteiger partial charge is 0.469 e.